The monoisotopic (exact) mass is 496 g/mol. The number of hydrogen-bond acceptors (Lipinski definition) is 4. The Labute approximate surface area is 211 Å². The second kappa shape index (κ2) is 17.3. The molecule has 1 rings (SSSR count). The maximum Gasteiger partial charge on any atom is 0.243 e. The largest absolute Gasteiger partial charge is 0.354 e. The number of hydrogen-bond donors (Lipinski definition) is 4. The highest BCUT2D eigenvalue weighted by molar-refractivity contribution is 5.93. The zero-order valence-corrected chi connectivity index (χ0v) is 22.3. The standard InChI is InChI=1S/C26H44N4O3.ClH/c1-6-8-14-21(27)24(31)30-23(19(5)7-2)26(33)29-22(17-18(3)4)25(32)28-16-15-20-12-10-9-11-13-20;/h9-13,18-19,21-23H,6-8,14-17,27H2,1-5H3,(H,28,32)(H,29,33)(H,30,31);1H/t19?,21-,22-,23-;/m0./s1. The molecule has 34 heavy (non-hydrogen) atoms. The normalized spacial score (nSPS) is 14.3. The highest BCUT2D eigenvalue weighted by Gasteiger charge is 2.31. The Morgan fingerprint density at radius 2 is 1.59 bits per heavy atom. The van der Waals surface area contributed by atoms with E-state index in [2.05, 4.69) is 16.0 Å². The van der Waals surface area contributed by atoms with Crippen molar-refractivity contribution in [2.75, 3.05) is 6.54 Å². The molecule has 0 aliphatic rings. The van der Waals surface area contributed by atoms with Gasteiger partial charge >= 0.3 is 0 Å². The van der Waals surface area contributed by atoms with Gasteiger partial charge in [0.15, 0.2) is 0 Å². The maximum atomic E-state index is 13.2. The van der Waals surface area contributed by atoms with E-state index in [1.54, 1.807) is 0 Å². The third-order valence-corrected chi connectivity index (χ3v) is 5.89. The molecule has 0 radical (unpaired) electrons. The van der Waals surface area contributed by atoms with Gasteiger partial charge < -0.3 is 21.7 Å². The second-order valence-electron chi connectivity index (χ2n) is 9.34. The maximum absolute atomic E-state index is 13.2. The number of halogens is 1. The first-order chi connectivity index (χ1) is 15.7. The number of nitrogens with one attached hydrogen (secondary N) is 3. The van der Waals surface area contributed by atoms with Gasteiger partial charge in [0.25, 0.3) is 0 Å². The number of nitrogens with two attached hydrogens (primary N) is 1. The minimum Gasteiger partial charge on any atom is -0.354 e. The van der Waals surface area contributed by atoms with Crippen LogP contribution in [0.4, 0.5) is 0 Å². The summed E-state index contributed by atoms with van der Waals surface area (Å²) in [5.41, 5.74) is 7.14. The molecule has 0 saturated carbocycles. The topological polar surface area (TPSA) is 113 Å². The van der Waals surface area contributed by atoms with E-state index in [9.17, 15) is 14.4 Å². The van der Waals surface area contributed by atoms with Crippen molar-refractivity contribution in [2.45, 2.75) is 91.3 Å². The van der Waals surface area contributed by atoms with Gasteiger partial charge in [-0.3, -0.25) is 14.4 Å². The summed E-state index contributed by atoms with van der Waals surface area (Å²) >= 11 is 0. The zero-order valence-electron chi connectivity index (χ0n) is 21.4. The number of carbonyl (C=O) groups is 3. The lowest BCUT2D eigenvalue weighted by atomic mass is 9.96. The fourth-order valence-corrected chi connectivity index (χ4v) is 3.58. The molecule has 0 aromatic heterocycles. The number of rotatable bonds is 15. The second-order valence-corrected chi connectivity index (χ2v) is 9.34. The molecule has 0 spiro atoms. The molecule has 1 aromatic carbocycles. The highest BCUT2D eigenvalue weighted by Crippen LogP contribution is 2.12. The summed E-state index contributed by atoms with van der Waals surface area (Å²) in [6, 6.07) is 7.89. The van der Waals surface area contributed by atoms with E-state index in [0.717, 1.165) is 24.8 Å². The van der Waals surface area contributed by atoms with Crippen LogP contribution in [0, 0.1) is 11.8 Å². The van der Waals surface area contributed by atoms with Crippen molar-refractivity contribution >= 4 is 30.1 Å². The van der Waals surface area contributed by atoms with Gasteiger partial charge in [-0.25, -0.2) is 0 Å². The van der Waals surface area contributed by atoms with Gasteiger partial charge in [0, 0.05) is 6.54 Å². The van der Waals surface area contributed by atoms with Crippen molar-refractivity contribution in [3.8, 4) is 0 Å². The fraction of sp³-hybridized carbons (Fsp3) is 0.654. The van der Waals surface area contributed by atoms with E-state index in [0.29, 0.717) is 25.8 Å². The van der Waals surface area contributed by atoms with Crippen LogP contribution in [0.2, 0.25) is 0 Å². The van der Waals surface area contributed by atoms with Crippen LogP contribution in [0.1, 0.15) is 72.3 Å². The number of amides is 3. The number of carbonyl (C=O) groups excluding carboxylic acids is 3. The lowest BCUT2D eigenvalue weighted by molar-refractivity contribution is -0.133. The van der Waals surface area contributed by atoms with Crippen LogP contribution in [0.15, 0.2) is 30.3 Å². The van der Waals surface area contributed by atoms with E-state index < -0.39 is 18.1 Å². The predicted octanol–water partition coefficient (Wildman–Crippen LogP) is 3.35. The van der Waals surface area contributed by atoms with Crippen LogP contribution < -0.4 is 21.7 Å². The number of unbranched alkanes of at least 4 members (excludes halogenated alkanes) is 1. The van der Waals surface area contributed by atoms with Gasteiger partial charge in [-0.1, -0.05) is 84.2 Å². The van der Waals surface area contributed by atoms with Gasteiger partial charge in [0.1, 0.15) is 12.1 Å². The van der Waals surface area contributed by atoms with Crippen molar-refractivity contribution in [2.24, 2.45) is 17.6 Å². The van der Waals surface area contributed by atoms with Crippen LogP contribution in [-0.4, -0.2) is 42.4 Å². The van der Waals surface area contributed by atoms with Gasteiger partial charge in [-0.15, -0.1) is 12.4 Å². The van der Waals surface area contributed by atoms with Crippen LogP contribution in [-0.2, 0) is 20.8 Å². The van der Waals surface area contributed by atoms with Crippen molar-refractivity contribution < 1.29 is 14.4 Å². The molecule has 0 saturated heterocycles. The van der Waals surface area contributed by atoms with Crippen molar-refractivity contribution in [1.82, 2.24) is 16.0 Å². The average molecular weight is 497 g/mol. The molecular formula is C26H45ClN4O3. The lowest BCUT2D eigenvalue weighted by Crippen LogP contribution is -2.57. The summed E-state index contributed by atoms with van der Waals surface area (Å²) < 4.78 is 0. The van der Waals surface area contributed by atoms with Crippen LogP contribution in [0.25, 0.3) is 0 Å². The summed E-state index contributed by atoms with van der Waals surface area (Å²) in [4.78, 5) is 38.6. The van der Waals surface area contributed by atoms with E-state index >= 15 is 0 Å². The average Bonchev–Trinajstić information content (AvgIpc) is 2.79. The molecule has 4 atom stereocenters. The smallest absolute Gasteiger partial charge is 0.243 e. The Hall–Kier alpha value is -2.12. The third kappa shape index (κ3) is 11.8. The molecular weight excluding hydrogens is 452 g/mol. The highest BCUT2D eigenvalue weighted by atomic mass is 35.5. The van der Waals surface area contributed by atoms with E-state index in [1.807, 2.05) is 65.0 Å². The van der Waals surface area contributed by atoms with Crippen molar-refractivity contribution in [3.05, 3.63) is 35.9 Å². The summed E-state index contributed by atoms with van der Waals surface area (Å²) in [6.07, 6.45) is 4.33. The van der Waals surface area contributed by atoms with Crippen molar-refractivity contribution in [1.29, 1.82) is 0 Å². The molecule has 1 unspecified atom stereocenters. The molecule has 0 aliphatic heterocycles. The molecule has 7 nitrogen and oxygen atoms in total. The molecule has 8 heteroatoms. The van der Waals surface area contributed by atoms with Crippen LogP contribution >= 0.6 is 12.4 Å². The lowest BCUT2D eigenvalue weighted by Gasteiger charge is -2.28. The van der Waals surface area contributed by atoms with Gasteiger partial charge in [-0.05, 0) is 36.7 Å². The SMILES string of the molecule is CCCC[C@H](N)C(=O)N[C@H](C(=O)N[C@@H](CC(C)C)C(=O)NCCc1ccccc1)C(C)CC.Cl. The van der Waals surface area contributed by atoms with Crippen LogP contribution in [0.3, 0.4) is 0 Å². The Bertz CT molecular complexity index is 730. The first-order valence-corrected chi connectivity index (χ1v) is 12.4. The molecule has 5 N–H and O–H groups in total. The quantitative estimate of drug-likeness (QED) is 0.298. The first kappa shape index (κ1) is 31.9. The minimum atomic E-state index is -0.734. The summed E-state index contributed by atoms with van der Waals surface area (Å²) in [7, 11) is 0. The molecule has 1 aromatic rings. The Morgan fingerprint density at radius 3 is 2.15 bits per heavy atom. The van der Waals surface area contributed by atoms with E-state index in [1.165, 1.54) is 0 Å². The summed E-state index contributed by atoms with van der Waals surface area (Å²) in [6.45, 7) is 10.4. The Morgan fingerprint density at radius 1 is 0.941 bits per heavy atom. The molecule has 0 fully saturated rings. The molecule has 0 heterocycles. The van der Waals surface area contributed by atoms with Crippen molar-refractivity contribution in [3.63, 3.8) is 0 Å². The zero-order chi connectivity index (χ0) is 24.8. The van der Waals surface area contributed by atoms with E-state index in [4.69, 9.17) is 5.73 Å². The minimum absolute atomic E-state index is 0. The molecule has 0 aliphatic carbocycles. The van der Waals surface area contributed by atoms with Gasteiger partial charge in [0.2, 0.25) is 17.7 Å². The summed E-state index contributed by atoms with van der Waals surface area (Å²) in [5, 5.41) is 8.67. The van der Waals surface area contributed by atoms with Gasteiger partial charge in [-0.2, -0.15) is 0 Å². The predicted molar refractivity (Wildman–Crippen MR) is 141 cm³/mol. The molecule has 0 bridgehead atoms. The fourth-order valence-electron chi connectivity index (χ4n) is 3.58. The summed E-state index contributed by atoms with van der Waals surface area (Å²) in [5.74, 6) is -0.745. The van der Waals surface area contributed by atoms with Gasteiger partial charge in [0.05, 0.1) is 6.04 Å². The van der Waals surface area contributed by atoms with Crippen LogP contribution in [0.5, 0.6) is 0 Å². The Kier molecular flexibility index (Phi) is 16.3. The van der Waals surface area contributed by atoms with E-state index in [-0.39, 0.29) is 42.0 Å². The third-order valence-electron chi connectivity index (χ3n) is 5.89. The molecule has 194 valence electrons. The number of benzene rings is 1. The Balaban J connectivity index is 0.0000109. The first-order valence-electron chi connectivity index (χ1n) is 12.4. The molecule has 3 amide bonds.